The van der Waals surface area contributed by atoms with E-state index in [1.807, 2.05) is 11.5 Å². The minimum Gasteiger partial charge on any atom is -0.496 e. The molecule has 0 atom stereocenters. The molecule has 0 unspecified atom stereocenters. The number of aromatic nitrogens is 1. The number of benzene rings is 2. The lowest BCUT2D eigenvalue weighted by atomic mass is 10.1. The summed E-state index contributed by atoms with van der Waals surface area (Å²) >= 11 is 0. The molecule has 8 heteroatoms. The number of anilines is 1. The first kappa shape index (κ1) is 23.4. The molecule has 0 radical (unpaired) electrons. The van der Waals surface area contributed by atoms with Crippen LogP contribution in [-0.4, -0.2) is 37.0 Å². The number of ether oxygens (including phenoxy) is 3. The van der Waals surface area contributed by atoms with Crippen molar-refractivity contribution in [1.29, 1.82) is 0 Å². The third kappa shape index (κ3) is 4.90. The van der Waals surface area contributed by atoms with E-state index >= 15 is 0 Å². The summed E-state index contributed by atoms with van der Waals surface area (Å²) in [6.45, 7) is 2.24. The number of aryl methyl sites for hydroxylation is 1. The summed E-state index contributed by atoms with van der Waals surface area (Å²) in [5.41, 5.74) is 3.07. The molecule has 0 aliphatic heterocycles. The molecular weight excluding hydrogens is 436 g/mol. The van der Waals surface area contributed by atoms with Gasteiger partial charge in [0.1, 0.15) is 11.9 Å². The van der Waals surface area contributed by atoms with Gasteiger partial charge in [-0.05, 0) is 62.9 Å². The summed E-state index contributed by atoms with van der Waals surface area (Å²) in [5.74, 6) is 0.0821. The minimum absolute atomic E-state index is 0.0405. The zero-order valence-corrected chi connectivity index (χ0v) is 19.6. The van der Waals surface area contributed by atoms with E-state index in [1.54, 1.807) is 42.5 Å². The molecule has 1 N–H and O–H groups in total. The summed E-state index contributed by atoms with van der Waals surface area (Å²) < 4.78 is 17.8. The maximum atomic E-state index is 12.6. The van der Waals surface area contributed by atoms with Crippen molar-refractivity contribution in [3.8, 4) is 5.75 Å². The van der Waals surface area contributed by atoms with Crippen molar-refractivity contribution in [1.82, 2.24) is 4.57 Å². The van der Waals surface area contributed by atoms with Gasteiger partial charge in [-0.3, -0.25) is 10.1 Å². The second kappa shape index (κ2) is 9.99. The van der Waals surface area contributed by atoms with Crippen molar-refractivity contribution in [2.45, 2.75) is 45.3 Å². The van der Waals surface area contributed by atoms with E-state index in [9.17, 15) is 14.4 Å². The number of rotatable bonds is 6. The van der Waals surface area contributed by atoms with Gasteiger partial charge < -0.3 is 18.8 Å². The predicted molar refractivity (Wildman–Crippen MR) is 129 cm³/mol. The Morgan fingerprint density at radius 2 is 1.82 bits per heavy atom. The van der Waals surface area contributed by atoms with Crippen LogP contribution in [0.5, 0.6) is 5.75 Å². The Kier molecular flexibility index (Phi) is 6.86. The van der Waals surface area contributed by atoms with Crippen LogP contribution in [0.2, 0.25) is 0 Å². The van der Waals surface area contributed by atoms with Crippen molar-refractivity contribution < 1.29 is 23.8 Å². The van der Waals surface area contributed by atoms with Crippen molar-refractivity contribution in [2.75, 3.05) is 19.5 Å². The van der Waals surface area contributed by atoms with Crippen LogP contribution >= 0.6 is 0 Å². The Hall–Kier alpha value is -3.81. The third-order valence-corrected chi connectivity index (χ3v) is 6.18. The van der Waals surface area contributed by atoms with Crippen LogP contribution in [0, 0.1) is 6.92 Å². The van der Waals surface area contributed by atoms with Crippen molar-refractivity contribution >= 4 is 28.7 Å². The number of fused-ring (bicyclic) bond motifs is 1. The zero-order valence-electron chi connectivity index (χ0n) is 19.6. The topological polar surface area (TPSA) is 95.9 Å². The number of carbonyl (C=O) groups is 2. The van der Waals surface area contributed by atoms with Crippen LogP contribution in [0.1, 0.15) is 47.3 Å². The van der Waals surface area contributed by atoms with E-state index in [-0.39, 0.29) is 11.5 Å². The zero-order chi connectivity index (χ0) is 24.2. The van der Waals surface area contributed by atoms with Gasteiger partial charge in [-0.1, -0.05) is 6.07 Å². The molecule has 4 rings (SSSR count). The first-order valence-electron chi connectivity index (χ1n) is 11.3. The minimum atomic E-state index is -0.493. The molecule has 1 aliphatic carbocycles. The van der Waals surface area contributed by atoms with Crippen molar-refractivity contribution in [3.63, 3.8) is 0 Å². The lowest BCUT2D eigenvalue weighted by Crippen LogP contribution is -2.20. The third-order valence-electron chi connectivity index (χ3n) is 6.18. The van der Waals surface area contributed by atoms with Gasteiger partial charge in [-0.2, -0.15) is 0 Å². The SMILES string of the molecule is COC(=O)c1ccc(Cn2c(C)cc(=O)c3ccc(NC(=O)OC4CCCC4)cc32)c(OC)c1. The first-order chi connectivity index (χ1) is 16.4. The highest BCUT2D eigenvalue weighted by molar-refractivity contribution is 5.91. The van der Waals surface area contributed by atoms with Crippen LogP contribution in [0.4, 0.5) is 10.5 Å². The Bertz CT molecular complexity index is 1290. The van der Waals surface area contributed by atoms with Gasteiger partial charge in [-0.15, -0.1) is 0 Å². The molecular formula is C26H28N2O6. The normalized spacial score (nSPS) is 13.6. The summed E-state index contributed by atoms with van der Waals surface area (Å²) in [7, 11) is 2.86. The fourth-order valence-electron chi connectivity index (χ4n) is 4.38. The lowest BCUT2D eigenvalue weighted by molar-refractivity contribution is 0.0600. The lowest BCUT2D eigenvalue weighted by Gasteiger charge is -2.18. The number of hydrogen-bond acceptors (Lipinski definition) is 6. The molecule has 2 aromatic carbocycles. The smallest absolute Gasteiger partial charge is 0.411 e. The molecule has 1 amide bonds. The number of pyridine rings is 1. The number of hydrogen-bond donors (Lipinski definition) is 1. The van der Waals surface area contributed by atoms with E-state index in [0.717, 1.165) is 36.9 Å². The van der Waals surface area contributed by atoms with Crippen LogP contribution in [0.3, 0.4) is 0 Å². The second-order valence-corrected chi connectivity index (χ2v) is 8.42. The molecule has 8 nitrogen and oxygen atoms in total. The Morgan fingerprint density at radius 3 is 2.53 bits per heavy atom. The highest BCUT2D eigenvalue weighted by Crippen LogP contribution is 2.26. The number of nitrogens with zero attached hydrogens (tertiary/aromatic N) is 1. The molecule has 178 valence electrons. The van der Waals surface area contributed by atoms with Gasteiger partial charge in [0.2, 0.25) is 0 Å². The van der Waals surface area contributed by atoms with Crippen LogP contribution in [0.25, 0.3) is 10.9 Å². The molecule has 34 heavy (non-hydrogen) atoms. The predicted octanol–water partition coefficient (Wildman–Crippen LogP) is 4.64. The molecule has 1 heterocycles. The monoisotopic (exact) mass is 464 g/mol. The van der Waals surface area contributed by atoms with Gasteiger partial charge in [-0.25, -0.2) is 9.59 Å². The van der Waals surface area contributed by atoms with Crippen LogP contribution in [-0.2, 0) is 16.0 Å². The fraction of sp³-hybridized carbons (Fsp3) is 0.346. The van der Waals surface area contributed by atoms with Gasteiger partial charge >= 0.3 is 12.1 Å². The Morgan fingerprint density at radius 1 is 1.06 bits per heavy atom. The second-order valence-electron chi connectivity index (χ2n) is 8.42. The molecule has 1 aromatic heterocycles. The molecule has 1 saturated carbocycles. The van der Waals surface area contributed by atoms with Gasteiger partial charge in [0.05, 0.1) is 31.8 Å². The van der Waals surface area contributed by atoms with Gasteiger partial charge in [0, 0.05) is 28.4 Å². The maximum absolute atomic E-state index is 12.6. The highest BCUT2D eigenvalue weighted by Gasteiger charge is 2.19. The molecule has 3 aromatic rings. The largest absolute Gasteiger partial charge is 0.496 e. The maximum Gasteiger partial charge on any atom is 0.411 e. The van der Waals surface area contributed by atoms with Gasteiger partial charge in [0.15, 0.2) is 5.43 Å². The van der Waals surface area contributed by atoms with E-state index in [4.69, 9.17) is 14.2 Å². The summed E-state index contributed by atoms with van der Waals surface area (Å²) in [6.07, 6.45) is 3.39. The van der Waals surface area contributed by atoms with E-state index in [0.29, 0.717) is 34.4 Å². The van der Waals surface area contributed by atoms with E-state index in [1.165, 1.54) is 14.2 Å². The average molecular weight is 465 g/mol. The Labute approximate surface area is 197 Å². The molecule has 0 saturated heterocycles. The van der Waals surface area contributed by atoms with Gasteiger partial charge in [0.25, 0.3) is 0 Å². The number of amides is 1. The fourth-order valence-corrected chi connectivity index (χ4v) is 4.38. The Balaban J connectivity index is 1.68. The molecule has 0 spiro atoms. The first-order valence-corrected chi connectivity index (χ1v) is 11.3. The number of carbonyl (C=O) groups excluding carboxylic acids is 2. The number of methoxy groups -OCH3 is 2. The summed E-state index contributed by atoms with van der Waals surface area (Å²) in [4.78, 5) is 36.9. The number of esters is 1. The standard InChI is InChI=1S/C26H28N2O6/c1-16-12-23(29)21-11-10-19(27-26(31)34-20-6-4-5-7-20)14-22(21)28(16)15-18-9-8-17(25(30)33-3)13-24(18)32-2/h8-14,20H,4-7,15H2,1-3H3,(H,27,31). The van der Waals surface area contributed by atoms with Crippen LogP contribution < -0.4 is 15.5 Å². The number of nitrogens with one attached hydrogen (secondary N) is 1. The summed E-state index contributed by atoms with van der Waals surface area (Å²) in [5, 5.41) is 3.32. The van der Waals surface area contributed by atoms with E-state index < -0.39 is 12.1 Å². The molecule has 1 aliphatic rings. The molecule has 0 bridgehead atoms. The highest BCUT2D eigenvalue weighted by atomic mass is 16.6. The summed E-state index contributed by atoms with van der Waals surface area (Å²) in [6, 6.07) is 11.9. The van der Waals surface area contributed by atoms with Crippen molar-refractivity contribution in [3.05, 3.63) is 69.5 Å². The molecule has 1 fully saturated rings. The van der Waals surface area contributed by atoms with E-state index in [2.05, 4.69) is 5.32 Å². The van der Waals surface area contributed by atoms with Crippen molar-refractivity contribution in [2.24, 2.45) is 0 Å². The quantitative estimate of drug-likeness (QED) is 0.534. The van der Waals surface area contributed by atoms with Crippen LogP contribution in [0.15, 0.2) is 47.3 Å². The average Bonchev–Trinajstić information content (AvgIpc) is 3.33.